The van der Waals surface area contributed by atoms with E-state index in [4.69, 9.17) is 4.74 Å². The third kappa shape index (κ3) is 3.74. The van der Waals surface area contributed by atoms with Crippen LogP contribution in [-0.2, 0) is 11.2 Å². The van der Waals surface area contributed by atoms with E-state index in [9.17, 15) is 18.0 Å². The summed E-state index contributed by atoms with van der Waals surface area (Å²) in [4.78, 5) is 12.1. The SMILES string of the molecule is O=C(Nc1ccc(OC(F)(F)F)cc1)C1Cc2ccccc2O1. The summed E-state index contributed by atoms with van der Waals surface area (Å²) in [5.41, 5.74) is 1.31. The molecule has 0 aromatic heterocycles. The number of carbonyl (C=O) groups excluding carboxylic acids is 1. The van der Waals surface area contributed by atoms with Crippen LogP contribution >= 0.6 is 0 Å². The van der Waals surface area contributed by atoms with Gasteiger partial charge in [0, 0.05) is 12.1 Å². The van der Waals surface area contributed by atoms with Crippen molar-refractivity contribution in [3.05, 3.63) is 54.1 Å². The van der Waals surface area contributed by atoms with E-state index in [2.05, 4.69) is 10.1 Å². The fourth-order valence-corrected chi connectivity index (χ4v) is 2.29. The first-order valence-corrected chi connectivity index (χ1v) is 6.82. The van der Waals surface area contributed by atoms with Gasteiger partial charge in [-0.05, 0) is 35.9 Å². The summed E-state index contributed by atoms with van der Waals surface area (Å²) in [6.45, 7) is 0. The van der Waals surface area contributed by atoms with Crippen molar-refractivity contribution in [1.82, 2.24) is 0 Å². The van der Waals surface area contributed by atoms with Crippen LogP contribution in [0.15, 0.2) is 48.5 Å². The number of anilines is 1. The highest BCUT2D eigenvalue weighted by atomic mass is 19.4. The summed E-state index contributed by atoms with van der Waals surface area (Å²) >= 11 is 0. The first-order valence-electron chi connectivity index (χ1n) is 6.82. The highest BCUT2D eigenvalue weighted by Gasteiger charge is 2.31. The standard InChI is InChI=1S/C16H12F3NO3/c17-16(18,19)23-12-7-5-11(6-8-12)20-15(21)14-9-10-3-1-2-4-13(10)22-14/h1-8,14H,9H2,(H,20,21). The average Bonchev–Trinajstić information content (AvgIpc) is 2.92. The predicted octanol–water partition coefficient (Wildman–Crippen LogP) is 3.53. The van der Waals surface area contributed by atoms with E-state index >= 15 is 0 Å². The summed E-state index contributed by atoms with van der Waals surface area (Å²) < 4.78 is 45.5. The summed E-state index contributed by atoms with van der Waals surface area (Å²) in [6, 6.07) is 12.3. The zero-order valence-corrected chi connectivity index (χ0v) is 11.8. The molecule has 1 atom stereocenters. The lowest BCUT2D eigenvalue weighted by Gasteiger charge is -2.12. The van der Waals surface area contributed by atoms with Crippen molar-refractivity contribution in [1.29, 1.82) is 0 Å². The van der Waals surface area contributed by atoms with Crippen LogP contribution in [0.3, 0.4) is 0 Å². The van der Waals surface area contributed by atoms with Crippen LogP contribution in [0, 0.1) is 0 Å². The minimum absolute atomic E-state index is 0.347. The van der Waals surface area contributed by atoms with Gasteiger partial charge in [0.2, 0.25) is 0 Å². The Labute approximate surface area is 129 Å². The van der Waals surface area contributed by atoms with Gasteiger partial charge in [-0.25, -0.2) is 0 Å². The van der Waals surface area contributed by atoms with Gasteiger partial charge in [-0.2, -0.15) is 0 Å². The highest BCUT2D eigenvalue weighted by Crippen LogP contribution is 2.29. The van der Waals surface area contributed by atoms with E-state index in [1.807, 2.05) is 18.2 Å². The Hall–Kier alpha value is -2.70. The number of carbonyl (C=O) groups is 1. The molecule has 0 aliphatic carbocycles. The van der Waals surface area contributed by atoms with Crippen LogP contribution in [0.1, 0.15) is 5.56 Å². The van der Waals surface area contributed by atoms with Crippen molar-refractivity contribution in [2.45, 2.75) is 18.9 Å². The molecule has 23 heavy (non-hydrogen) atoms. The molecule has 0 saturated carbocycles. The number of amides is 1. The van der Waals surface area contributed by atoms with E-state index in [0.717, 1.165) is 17.7 Å². The maximum atomic E-state index is 12.1. The topological polar surface area (TPSA) is 47.6 Å². The fraction of sp³-hybridized carbons (Fsp3) is 0.188. The van der Waals surface area contributed by atoms with Crippen molar-refractivity contribution >= 4 is 11.6 Å². The van der Waals surface area contributed by atoms with Gasteiger partial charge in [-0.15, -0.1) is 13.2 Å². The van der Waals surface area contributed by atoms with Crippen molar-refractivity contribution in [2.24, 2.45) is 0 Å². The summed E-state index contributed by atoms with van der Waals surface area (Å²) in [5.74, 6) is -0.0349. The Morgan fingerprint density at radius 1 is 1.13 bits per heavy atom. The van der Waals surface area contributed by atoms with Crippen molar-refractivity contribution in [3.8, 4) is 11.5 Å². The monoisotopic (exact) mass is 323 g/mol. The first kappa shape index (κ1) is 15.2. The van der Waals surface area contributed by atoms with Crippen LogP contribution in [0.5, 0.6) is 11.5 Å². The zero-order chi connectivity index (χ0) is 16.4. The van der Waals surface area contributed by atoms with E-state index in [1.54, 1.807) is 6.07 Å². The minimum Gasteiger partial charge on any atom is -0.480 e. The van der Waals surface area contributed by atoms with Gasteiger partial charge in [0.05, 0.1) is 0 Å². The molecule has 0 bridgehead atoms. The Balaban J connectivity index is 1.61. The number of rotatable bonds is 3. The maximum Gasteiger partial charge on any atom is 0.573 e. The lowest BCUT2D eigenvalue weighted by Crippen LogP contribution is -2.31. The first-order chi connectivity index (χ1) is 10.9. The van der Waals surface area contributed by atoms with Gasteiger partial charge in [0.15, 0.2) is 6.10 Å². The molecule has 1 heterocycles. The molecule has 1 unspecified atom stereocenters. The molecule has 1 amide bonds. The third-order valence-electron chi connectivity index (χ3n) is 3.30. The summed E-state index contributed by atoms with van der Waals surface area (Å²) in [6.07, 6.45) is -4.94. The number of nitrogens with one attached hydrogen (secondary N) is 1. The van der Waals surface area contributed by atoms with Gasteiger partial charge in [0.25, 0.3) is 5.91 Å². The van der Waals surface area contributed by atoms with E-state index < -0.39 is 12.5 Å². The molecule has 120 valence electrons. The average molecular weight is 323 g/mol. The maximum absolute atomic E-state index is 12.1. The van der Waals surface area contributed by atoms with Crippen molar-refractivity contribution in [2.75, 3.05) is 5.32 Å². The number of alkyl halides is 3. The molecule has 1 aliphatic rings. The second-order valence-electron chi connectivity index (χ2n) is 4.98. The van der Waals surface area contributed by atoms with Crippen molar-refractivity contribution in [3.63, 3.8) is 0 Å². The third-order valence-corrected chi connectivity index (χ3v) is 3.30. The van der Waals surface area contributed by atoms with Gasteiger partial charge in [-0.1, -0.05) is 18.2 Å². The van der Waals surface area contributed by atoms with Crippen LogP contribution in [0.2, 0.25) is 0 Å². The van der Waals surface area contributed by atoms with Gasteiger partial charge < -0.3 is 14.8 Å². The molecule has 7 heteroatoms. The second kappa shape index (κ2) is 5.83. The number of halogens is 3. The molecule has 0 spiro atoms. The fourth-order valence-electron chi connectivity index (χ4n) is 2.29. The molecular formula is C16H12F3NO3. The van der Waals surface area contributed by atoms with Crippen LogP contribution in [-0.4, -0.2) is 18.4 Å². The molecule has 1 N–H and O–H groups in total. The number of fused-ring (bicyclic) bond motifs is 1. The van der Waals surface area contributed by atoms with E-state index in [-0.39, 0.29) is 11.7 Å². The zero-order valence-electron chi connectivity index (χ0n) is 11.8. The number of benzene rings is 2. The molecule has 4 nitrogen and oxygen atoms in total. The summed E-state index contributed by atoms with van der Waals surface area (Å²) in [7, 11) is 0. The lowest BCUT2D eigenvalue weighted by atomic mass is 10.1. The Morgan fingerprint density at radius 3 is 2.48 bits per heavy atom. The minimum atomic E-state index is -4.74. The largest absolute Gasteiger partial charge is 0.573 e. The number of para-hydroxylation sites is 1. The smallest absolute Gasteiger partial charge is 0.480 e. The molecule has 2 aromatic carbocycles. The van der Waals surface area contributed by atoms with Gasteiger partial charge in [0.1, 0.15) is 11.5 Å². The van der Waals surface area contributed by atoms with Gasteiger partial charge >= 0.3 is 6.36 Å². The predicted molar refractivity (Wildman–Crippen MR) is 76.3 cm³/mol. The number of hydrogen-bond acceptors (Lipinski definition) is 3. The molecule has 0 saturated heterocycles. The molecule has 3 rings (SSSR count). The van der Waals surface area contributed by atoms with Crippen LogP contribution in [0.25, 0.3) is 0 Å². The molecule has 0 radical (unpaired) electrons. The van der Waals surface area contributed by atoms with E-state index in [0.29, 0.717) is 17.9 Å². The second-order valence-corrected chi connectivity index (χ2v) is 4.98. The molecule has 1 aliphatic heterocycles. The van der Waals surface area contributed by atoms with Crippen molar-refractivity contribution < 1.29 is 27.4 Å². The Kier molecular flexibility index (Phi) is 3.85. The Bertz CT molecular complexity index is 688. The highest BCUT2D eigenvalue weighted by molar-refractivity contribution is 5.95. The lowest BCUT2D eigenvalue weighted by molar-refractivity contribution is -0.274. The molecule has 2 aromatic rings. The molecular weight excluding hydrogens is 311 g/mol. The quantitative estimate of drug-likeness (QED) is 0.940. The van der Waals surface area contributed by atoms with Crippen LogP contribution in [0.4, 0.5) is 18.9 Å². The summed E-state index contributed by atoms with van der Waals surface area (Å²) in [5, 5.41) is 2.61. The molecule has 0 fully saturated rings. The number of hydrogen-bond donors (Lipinski definition) is 1. The van der Waals surface area contributed by atoms with Crippen LogP contribution < -0.4 is 14.8 Å². The van der Waals surface area contributed by atoms with Gasteiger partial charge in [-0.3, -0.25) is 4.79 Å². The number of ether oxygens (including phenoxy) is 2. The Morgan fingerprint density at radius 2 is 1.83 bits per heavy atom. The normalized spacial score (nSPS) is 16.4. The van der Waals surface area contributed by atoms with E-state index in [1.165, 1.54) is 12.1 Å².